The normalized spacial score (nSPS) is 10.9. The molecule has 30 heavy (non-hydrogen) atoms. The molecule has 0 atom stereocenters. The molecule has 0 spiro atoms. The maximum atomic E-state index is 13.9. The van der Waals surface area contributed by atoms with Crippen molar-refractivity contribution in [2.45, 2.75) is 19.9 Å². The molecule has 1 amide bonds. The number of aromatic nitrogens is 5. The number of thiazole rings is 1. The second kappa shape index (κ2) is 8.41. The number of hydrogen-bond acceptors (Lipinski definition) is 8. The molecule has 1 N–H and O–H groups in total. The zero-order chi connectivity index (χ0) is 21.1. The number of rotatable bonds is 6. The molecule has 0 saturated heterocycles. The molecule has 4 aromatic rings. The molecule has 0 fully saturated rings. The Balaban J connectivity index is 1.49. The molecule has 0 radical (unpaired) electrons. The van der Waals surface area contributed by atoms with Crippen LogP contribution in [-0.4, -0.2) is 31.0 Å². The lowest BCUT2D eigenvalue weighted by Gasteiger charge is -2.01. The van der Waals surface area contributed by atoms with Gasteiger partial charge in [-0.05, 0) is 24.6 Å². The third kappa shape index (κ3) is 3.92. The van der Waals surface area contributed by atoms with Gasteiger partial charge in [0.05, 0.1) is 12.2 Å². The summed E-state index contributed by atoms with van der Waals surface area (Å²) < 4.78 is 32.6. The second-order valence-corrected chi connectivity index (χ2v) is 7.01. The summed E-state index contributed by atoms with van der Waals surface area (Å²) in [6, 6.07) is 5.11. The van der Waals surface area contributed by atoms with Crippen LogP contribution in [0.4, 0.5) is 8.78 Å². The molecule has 3 aromatic heterocycles. The fourth-order valence-electron chi connectivity index (χ4n) is 2.64. The molecule has 0 bridgehead atoms. The fraction of sp³-hybridized carbons (Fsp3) is 0.158. The number of amides is 1. The van der Waals surface area contributed by atoms with Crippen LogP contribution in [0.1, 0.15) is 28.1 Å². The van der Waals surface area contributed by atoms with Crippen molar-refractivity contribution in [3.05, 3.63) is 64.7 Å². The Hall–Kier alpha value is -3.60. The summed E-state index contributed by atoms with van der Waals surface area (Å²) >= 11 is 1.17. The summed E-state index contributed by atoms with van der Waals surface area (Å²) in [5, 5.41) is 6.87. The molecule has 0 saturated carbocycles. The molecule has 8 nitrogen and oxygen atoms in total. The molecule has 11 heteroatoms. The van der Waals surface area contributed by atoms with E-state index in [1.807, 2.05) is 6.92 Å². The standard InChI is InChI=1S/C19H14F2N6O2S/c1-2-12-15(30-19(25-12)16-22-7-4-8-23-16)17(28)24-9-13-26-18(29-27-13)14-10(20)5-3-6-11(14)21/h3-8H,2,9H2,1H3,(H,24,28). The van der Waals surface area contributed by atoms with Crippen molar-refractivity contribution in [3.8, 4) is 22.3 Å². The lowest BCUT2D eigenvalue weighted by molar-refractivity contribution is 0.0952. The molecular weight excluding hydrogens is 414 g/mol. The summed E-state index contributed by atoms with van der Waals surface area (Å²) in [7, 11) is 0. The topological polar surface area (TPSA) is 107 Å². The van der Waals surface area contributed by atoms with Crippen LogP contribution in [0.5, 0.6) is 0 Å². The van der Waals surface area contributed by atoms with Gasteiger partial charge in [0.25, 0.3) is 11.8 Å². The second-order valence-electron chi connectivity index (χ2n) is 6.02. The van der Waals surface area contributed by atoms with Gasteiger partial charge in [-0.25, -0.2) is 23.7 Å². The first-order chi connectivity index (χ1) is 14.6. The number of carbonyl (C=O) groups is 1. The van der Waals surface area contributed by atoms with E-state index in [2.05, 4.69) is 30.4 Å². The van der Waals surface area contributed by atoms with E-state index in [4.69, 9.17) is 4.52 Å². The first-order valence-electron chi connectivity index (χ1n) is 8.89. The molecule has 0 aliphatic heterocycles. The maximum Gasteiger partial charge on any atom is 0.263 e. The molecule has 0 aliphatic rings. The van der Waals surface area contributed by atoms with Crippen LogP contribution in [0.25, 0.3) is 22.3 Å². The van der Waals surface area contributed by atoms with Crippen LogP contribution in [0.15, 0.2) is 41.2 Å². The van der Waals surface area contributed by atoms with Gasteiger partial charge in [-0.1, -0.05) is 18.1 Å². The number of hydrogen-bond donors (Lipinski definition) is 1. The molecule has 0 unspecified atom stereocenters. The highest BCUT2D eigenvalue weighted by Gasteiger charge is 2.21. The Kier molecular flexibility index (Phi) is 5.53. The highest BCUT2D eigenvalue weighted by Crippen LogP contribution is 2.26. The van der Waals surface area contributed by atoms with E-state index in [0.29, 0.717) is 27.8 Å². The van der Waals surface area contributed by atoms with Gasteiger partial charge in [0.15, 0.2) is 16.7 Å². The molecule has 152 valence electrons. The quantitative estimate of drug-likeness (QED) is 0.501. The van der Waals surface area contributed by atoms with Crippen molar-refractivity contribution < 1.29 is 18.1 Å². The number of aryl methyl sites for hydroxylation is 1. The van der Waals surface area contributed by atoms with Crippen molar-refractivity contribution in [2.75, 3.05) is 0 Å². The molecule has 0 aliphatic carbocycles. The third-order valence-corrected chi connectivity index (χ3v) is 5.14. The highest BCUT2D eigenvalue weighted by atomic mass is 32.1. The maximum absolute atomic E-state index is 13.9. The van der Waals surface area contributed by atoms with Gasteiger partial charge in [0.1, 0.15) is 22.1 Å². The zero-order valence-electron chi connectivity index (χ0n) is 15.6. The van der Waals surface area contributed by atoms with E-state index < -0.39 is 17.2 Å². The van der Waals surface area contributed by atoms with Gasteiger partial charge < -0.3 is 9.84 Å². The van der Waals surface area contributed by atoms with Gasteiger partial charge in [-0.3, -0.25) is 4.79 Å². The molecule has 1 aromatic carbocycles. The van der Waals surface area contributed by atoms with E-state index in [-0.39, 0.29) is 24.2 Å². The minimum atomic E-state index is -0.817. The van der Waals surface area contributed by atoms with E-state index in [9.17, 15) is 13.6 Å². The Morgan fingerprint density at radius 1 is 1.13 bits per heavy atom. The summed E-state index contributed by atoms with van der Waals surface area (Å²) in [6.07, 6.45) is 3.74. The highest BCUT2D eigenvalue weighted by molar-refractivity contribution is 7.17. The SMILES string of the molecule is CCc1nc(-c2ncccn2)sc1C(=O)NCc1noc(-c2c(F)cccc2F)n1. The van der Waals surface area contributed by atoms with Crippen molar-refractivity contribution in [1.29, 1.82) is 0 Å². The van der Waals surface area contributed by atoms with Crippen molar-refractivity contribution in [1.82, 2.24) is 30.4 Å². The summed E-state index contributed by atoms with van der Waals surface area (Å²) in [4.78, 5) is 29.8. The largest absolute Gasteiger partial charge is 0.344 e. The van der Waals surface area contributed by atoms with Crippen molar-refractivity contribution >= 4 is 17.2 Å². The fourth-order valence-corrected chi connectivity index (χ4v) is 3.66. The minimum absolute atomic E-state index is 0.0789. The van der Waals surface area contributed by atoms with E-state index in [1.165, 1.54) is 17.4 Å². The smallest absolute Gasteiger partial charge is 0.263 e. The predicted octanol–water partition coefficient (Wildman–Crippen LogP) is 3.42. The van der Waals surface area contributed by atoms with Gasteiger partial charge in [0.2, 0.25) is 0 Å². The summed E-state index contributed by atoms with van der Waals surface area (Å²) in [6.45, 7) is 1.80. The summed E-state index contributed by atoms with van der Waals surface area (Å²) in [5.41, 5.74) is 0.202. The molecular formula is C19H14F2N6O2S. The molecule has 3 heterocycles. The van der Waals surface area contributed by atoms with Crippen LogP contribution in [0, 0.1) is 11.6 Å². The van der Waals surface area contributed by atoms with Gasteiger partial charge >= 0.3 is 0 Å². The number of carbonyl (C=O) groups excluding carboxylic acids is 1. The Morgan fingerprint density at radius 3 is 2.57 bits per heavy atom. The van der Waals surface area contributed by atoms with E-state index in [0.717, 1.165) is 12.1 Å². The van der Waals surface area contributed by atoms with E-state index in [1.54, 1.807) is 18.5 Å². The zero-order valence-corrected chi connectivity index (χ0v) is 16.4. The predicted molar refractivity (Wildman–Crippen MR) is 103 cm³/mol. The van der Waals surface area contributed by atoms with E-state index >= 15 is 0 Å². The van der Waals surface area contributed by atoms with Crippen molar-refractivity contribution in [3.63, 3.8) is 0 Å². The van der Waals surface area contributed by atoms with Crippen LogP contribution < -0.4 is 5.32 Å². The first-order valence-corrected chi connectivity index (χ1v) is 9.70. The van der Waals surface area contributed by atoms with Gasteiger partial charge in [-0.2, -0.15) is 4.98 Å². The van der Waals surface area contributed by atoms with Gasteiger partial charge in [0, 0.05) is 12.4 Å². The van der Waals surface area contributed by atoms with Crippen LogP contribution in [0.3, 0.4) is 0 Å². The third-order valence-electron chi connectivity index (χ3n) is 4.05. The lowest BCUT2D eigenvalue weighted by atomic mass is 10.2. The summed E-state index contributed by atoms with van der Waals surface area (Å²) in [5.74, 6) is -1.80. The minimum Gasteiger partial charge on any atom is -0.344 e. The van der Waals surface area contributed by atoms with Crippen LogP contribution in [-0.2, 0) is 13.0 Å². The molecule has 4 rings (SSSR count). The van der Waals surface area contributed by atoms with Crippen LogP contribution >= 0.6 is 11.3 Å². The average molecular weight is 428 g/mol. The van der Waals surface area contributed by atoms with Gasteiger partial charge in [-0.15, -0.1) is 11.3 Å². The number of benzene rings is 1. The first kappa shape index (κ1) is 19.7. The monoisotopic (exact) mass is 428 g/mol. The Labute approximate surface area is 173 Å². The number of nitrogens with one attached hydrogen (secondary N) is 1. The number of nitrogens with zero attached hydrogens (tertiary/aromatic N) is 5. The lowest BCUT2D eigenvalue weighted by Crippen LogP contribution is -2.23. The van der Waals surface area contributed by atoms with Crippen molar-refractivity contribution in [2.24, 2.45) is 0 Å². The van der Waals surface area contributed by atoms with Crippen LogP contribution in [0.2, 0.25) is 0 Å². The Morgan fingerprint density at radius 2 is 1.87 bits per heavy atom. The Bertz CT molecular complexity index is 1170. The average Bonchev–Trinajstić information content (AvgIpc) is 3.40. The number of halogens is 2.